The van der Waals surface area contributed by atoms with Crippen LogP contribution in [0.1, 0.15) is 66.9 Å². The summed E-state index contributed by atoms with van der Waals surface area (Å²) in [5, 5.41) is 10.9. The first-order valence-corrected chi connectivity index (χ1v) is 17.1. The number of hydrogen-bond acceptors (Lipinski definition) is 6. The lowest BCUT2D eigenvalue weighted by atomic mass is 9.77. The minimum absolute atomic E-state index is 0.0503. The molecule has 7 heteroatoms. The third-order valence-corrected chi connectivity index (χ3v) is 13.2. The van der Waals surface area contributed by atoms with Crippen molar-refractivity contribution in [3.8, 4) is 0 Å². The molecule has 0 spiro atoms. The van der Waals surface area contributed by atoms with Crippen LogP contribution in [0, 0.1) is 23.7 Å². The number of hydrogen-bond donors (Lipinski definition) is 1. The Labute approximate surface area is 232 Å². The van der Waals surface area contributed by atoms with Gasteiger partial charge in [0.15, 0.2) is 8.32 Å². The van der Waals surface area contributed by atoms with Gasteiger partial charge in [-0.15, -0.1) is 6.58 Å². The summed E-state index contributed by atoms with van der Waals surface area (Å²) in [5.41, 5.74) is 1.16. The fraction of sp³-hybridized carbons (Fsp3) is 0.710. The maximum Gasteiger partial charge on any atom is 0.508 e. The maximum atomic E-state index is 12.6. The molecule has 0 bridgehead atoms. The first-order chi connectivity index (χ1) is 17.7. The van der Waals surface area contributed by atoms with E-state index in [1.807, 2.05) is 39.0 Å². The second-order valence-electron chi connectivity index (χ2n) is 12.7. The van der Waals surface area contributed by atoms with Crippen molar-refractivity contribution in [2.24, 2.45) is 23.7 Å². The van der Waals surface area contributed by atoms with E-state index >= 15 is 0 Å². The van der Waals surface area contributed by atoms with E-state index in [0.717, 1.165) is 18.4 Å². The molecule has 1 heterocycles. The molecule has 0 amide bonds. The van der Waals surface area contributed by atoms with Crippen LogP contribution in [0.2, 0.25) is 18.1 Å². The average molecular weight is 549 g/mol. The Morgan fingerprint density at radius 2 is 1.66 bits per heavy atom. The van der Waals surface area contributed by atoms with Gasteiger partial charge in [-0.2, -0.15) is 0 Å². The molecule has 38 heavy (non-hydrogen) atoms. The van der Waals surface area contributed by atoms with Gasteiger partial charge in [0.05, 0.1) is 18.8 Å². The third-order valence-electron chi connectivity index (χ3n) is 8.71. The van der Waals surface area contributed by atoms with Crippen LogP contribution >= 0.6 is 0 Å². The molecule has 0 aromatic heterocycles. The van der Waals surface area contributed by atoms with Gasteiger partial charge >= 0.3 is 6.16 Å². The molecule has 0 unspecified atom stereocenters. The van der Waals surface area contributed by atoms with Crippen molar-refractivity contribution in [1.29, 1.82) is 0 Å². The van der Waals surface area contributed by atoms with E-state index in [1.54, 1.807) is 6.08 Å². The highest BCUT2D eigenvalue weighted by Crippen LogP contribution is 2.41. The Morgan fingerprint density at radius 3 is 2.21 bits per heavy atom. The fourth-order valence-corrected chi connectivity index (χ4v) is 6.43. The van der Waals surface area contributed by atoms with E-state index in [1.165, 1.54) is 0 Å². The summed E-state index contributed by atoms with van der Waals surface area (Å²) < 4.78 is 24.4. The Bertz CT molecular complexity index is 867. The van der Waals surface area contributed by atoms with E-state index in [4.69, 9.17) is 18.6 Å². The van der Waals surface area contributed by atoms with Crippen LogP contribution in [0.3, 0.4) is 0 Å². The molecule has 1 aromatic rings. The van der Waals surface area contributed by atoms with Crippen molar-refractivity contribution in [2.75, 3.05) is 6.61 Å². The molecule has 8 atom stereocenters. The lowest BCUT2D eigenvalue weighted by Gasteiger charge is -2.46. The number of carbonyl (C=O) groups excluding carboxylic acids is 1. The predicted octanol–water partition coefficient (Wildman–Crippen LogP) is 7.37. The second kappa shape index (κ2) is 14.1. The van der Waals surface area contributed by atoms with E-state index in [9.17, 15) is 9.90 Å². The maximum absolute atomic E-state index is 12.6. The van der Waals surface area contributed by atoms with Crippen LogP contribution in [0.5, 0.6) is 0 Å². The molecule has 1 aliphatic rings. The zero-order valence-electron chi connectivity index (χ0n) is 25.1. The minimum atomic E-state index is -2.09. The smallest absolute Gasteiger partial charge is 0.430 e. The van der Waals surface area contributed by atoms with E-state index in [-0.39, 0.29) is 40.9 Å². The lowest BCUT2D eigenvalue weighted by Crippen LogP contribution is -2.54. The van der Waals surface area contributed by atoms with Gasteiger partial charge in [-0.25, -0.2) is 4.79 Å². The summed E-state index contributed by atoms with van der Waals surface area (Å²) in [4.78, 5) is 12.6. The van der Waals surface area contributed by atoms with Crippen molar-refractivity contribution < 1.29 is 28.5 Å². The van der Waals surface area contributed by atoms with Crippen LogP contribution in [0.25, 0.3) is 0 Å². The average Bonchev–Trinajstić information content (AvgIpc) is 2.87. The Balaban J connectivity index is 2.16. The first-order valence-electron chi connectivity index (χ1n) is 14.2. The standard InChI is InChI=1S/C31H52O6Si/c1-11-21(2)27(32)23(4)29-24(5)28(35-30(33)36-29)22(3)26(37-38(9,10)31(6,7)8)18-15-19-34-20-25-16-13-12-14-17-25/h11-14,16-17,21-24,26-29,32H,1,15,18-20H2,2-10H3/t21-,22-,23+,24-,26+,27-,28-,29+/m0/s1. The molecule has 1 saturated heterocycles. The number of aliphatic hydroxyl groups is 1. The van der Waals surface area contributed by atoms with Crippen molar-refractivity contribution >= 4 is 14.5 Å². The summed E-state index contributed by atoms with van der Waals surface area (Å²) in [6, 6.07) is 10.2. The number of carbonyl (C=O) groups is 1. The molecule has 216 valence electrons. The van der Waals surface area contributed by atoms with Gasteiger partial charge in [-0.05, 0) is 36.5 Å². The first kappa shape index (κ1) is 32.5. The van der Waals surface area contributed by atoms with Gasteiger partial charge in [-0.3, -0.25) is 0 Å². The topological polar surface area (TPSA) is 74.2 Å². The van der Waals surface area contributed by atoms with Crippen LogP contribution in [-0.4, -0.2) is 50.6 Å². The highest BCUT2D eigenvalue weighted by Gasteiger charge is 2.48. The van der Waals surface area contributed by atoms with Crippen LogP contribution in [0.4, 0.5) is 4.79 Å². The van der Waals surface area contributed by atoms with E-state index < -0.39 is 26.7 Å². The highest BCUT2D eigenvalue weighted by molar-refractivity contribution is 6.74. The van der Waals surface area contributed by atoms with Gasteiger partial charge in [0, 0.05) is 30.3 Å². The lowest BCUT2D eigenvalue weighted by molar-refractivity contribution is -0.151. The number of cyclic esters (lactones) is 2. The summed E-state index contributed by atoms with van der Waals surface area (Å²) in [7, 11) is -2.09. The molecule has 1 aromatic carbocycles. The summed E-state index contributed by atoms with van der Waals surface area (Å²) in [6.07, 6.45) is 1.12. The van der Waals surface area contributed by atoms with E-state index in [0.29, 0.717) is 13.2 Å². The van der Waals surface area contributed by atoms with Crippen molar-refractivity contribution in [2.45, 2.75) is 110 Å². The zero-order valence-corrected chi connectivity index (χ0v) is 26.1. The molecule has 1 fully saturated rings. The van der Waals surface area contributed by atoms with Crippen LogP contribution < -0.4 is 0 Å². The summed E-state index contributed by atoms with van der Waals surface area (Å²) >= 11 is 0. The molecular formula is C31H52O6Si. The quantitative estimate of drug-likeness (QED) is 0.113. The molecule has 2 rings (SSSR count). The zero-order chi connectivity index (χ0) is 28.7. The van der Waals surface area contributed by atoms with Gasteiger partial charge in [0.2, 0.25) is 0 Å². The number of rotatable bonds is 14. The molecule has 0 radical (unpaired) electrons. The van der Waals surface area contributed by atoms with Crippen LogP contribution in [0.15, 0.2) is 43.0 Å². The van der Waals surface area contributed by atoms with Gasteiger partial charge in [0.25, 0.3) is 0 Å². The number of aliphatic hydroxyl groups excluding tert-OH is 1. The van der Waals surface area contributed by atoms with Crippen molar-refractivity contribution in [3.63, 3.8) is 0 Å². The molecular weight excluding hydrogens is 496 g/mol. The number of ether oxygens (including phenoxy) is 3. The molecule has 1 aliphatic heterocycles. The Kier molecular flexibility index (Phi) is 12.1. The summed E-state index contributed by atoms with van der Waals surface area (Å²) in [5.74, 6) is -0.527. The molecule has 0 aliphatic carbocycles. The van der Waals surface area contributed by atoms with E-state index in [2.05, 4.69) is 59.5 Å². The van der Waals surface area contributed by atoms with Gasteiger partial charge in [0.1, 0.15) is 12.2 Å². The minimum Gasteiger partial charge on any atom is -0.430 e. The molecule has 1 N–H and O–H groups in total. The third kappa shape index (κ3) is 8.67. The summed E-state index contributed by atoms with van der Waals surface area (Å²) in [6.45, 7) is 24.3. The Morgan fingerprint density at radius 1 is 1.08 bits per heavy atom. The molecule has 0 saturated carbocycles. The predicted molar refractivity (Wildman–Crippen MR) is 155 cm³/mol. The highest BCUT2D eigenvalue weighted by atomic mass is 28.4. The second-order valence-corrected chi connectivity index (χ2v) is 17.4. The monoisotopic (exact) mass is 548 g/mol. The Hall–Kier alpha value is -1.67. The van der Waals surface area contributed by atoms with Gasteiger partial charge < -0.3 is 23.7 Å². The SMILES string of the molecule is C=C[C@H](C)[C@H](O)[C@@H](C)[C@H]1OC(=O)O[C@@H]([C@@H](C)[C@@H](CCCOCc2ccccc2)O[Si](C)(C)C(C)(C)C)[C@@H]1C. The molecule has 6 nitrogen and oxygen atoms in total. The van der Waals surface area contributed by atoms with Gasteiger partial charge in [-0.1, -0.05) is 84.9 Å². The fourth-order valence-electron chi connectivity index (χ4n) is 4.98. The number of benzene rings is 1. The van der Waals surface area contributed by atoms with Crippen molar-refractivity contribution in [1.82, 2.24) is 0 Å². The van der Waals surface area contributed by atoms with Crippen LogP contribution in [-0.2, 0) is 25.2 Å². The van der Waals surface area contributed by atoms with Crippen molar-refractivity contribution in [3.05, 3.63) is 48.6 Å². The normalized spacial score (nSPS) is 24.5. The largest absolute Gasteiger partial charge is 0.508 e.